The molecule has 6 heteroatoms. The maximum atomic E-state index is 12.5. The number of nitrogens with zero attached hydrogens (tertiary/aromatic N) is 2. The molecule has 0 bridgehead atoms. The molecule has 0 unspecified atom stereocenters. The van der Waals surface area contributed by atoms with Gasteiger partial charge >= 0.3 is 0 Å². The first-order valence-corrected chi connectivity index (χ1v) is 10.8. The van der Waals surface area contributed by atoms with Gasteiger partial charge in [0, 0.05) is 44.0 Å². The second-order valence-electron chi connectivity index (χ2n) is 7.65. The molecule has 162 valence electrons. The maximum absolute atomic E-state index is 12.5. The molecule has 1 N–H and O–H groups in total. The van der Waals surface area contributed by atoms with E-state index in [0.717, 1.165) is 50.5 Å². The topological polar surface area (TPSA) is 58.0 Å². The minimum absolute atomic E-state index is 0.189. The van der Waals surface area contributed by atoms with Crippen LogP contribution in [0.3, 0.4) is 0 Å². The molecule has 31 heavy (non-hydrogen) atoms. The van der Waals surface area contributed by atoms with Gasteiger partial charge in [-0.05, 0) is 43.3 Å². The smallest absolute Gasteiger partial charge is 0.287 e. The highest BCUT2D eigenvalue weighted by atomic mass is 16.5. The highest BCUT2D eigenvalue weighted by molar-refractivity contribution is 5.92. The summed E-state index contributed by atoms with van der Waals surface area (Å²) in [7, 11) is 0. The molecule has 1 aromatic heterocycles. The van der Waals surface area contributed by atoms with E-state index < -0.39 is 0 Å². The van der Waals surface area contributed by atoms with Gasteiger partial charge in [0.05, 0.1) is 6.26 Å². The number of hydrogen-bond donors (Lipinski definition) is 1. The lowest BCUT2D eigenvalue weighted by molar-refractivity contribution is 0.0920. The Morgan fingerprint density at radius 2 is 1.65 bits per heavy atom. The molecule has 2 heterocycles. The van der Waals surface area contributed by atoms with Crippen molar-refractivity contribution in [3.05, 3.63) is 84.3 Å². The zero-order valence-electron chi connectivity index (χ0n) is 17.7. The fraction of sp³-hybridized carbons (Fsp3) is 0.320. The van der Waals surface area contributed by atoms with E-state index in [1.165, 1.54) is 12.0 Å². The maximum Gasteiger partial charge on any atom is 0.287 e. The molecule has 0 radical (unpaired) electrons. The number of ether oxygens (including phenoxy) is 1. The Kier molecular flexibility index (Phi) is 7.24. The highest BCUT2D eigenvalue weighted by Gasteiger charge is 2.18. The summed E-state index contributed by atoms with van der Waals surface area (Å²) in [5.74, 6) is 0.903. The number of piperazine rings is 1. The Hall–Kier alpha value is -3.25. The lowest BCUT2D eigenvalue weighted by atomic mass is 10.2. The van der Waals surface area contributed by atoms with Crippen molar-refractivity contribution in [2.75, 3.05) is 44.2 Å². The normalized spacial score (nSPS) is 14.4. The van der Waals surface area contributed by atoms with Crippen LogP contribution in [0.2, 0.25) is 0 Å². The number of anilines is 1. The fourth-order valence-corrected chi connectivity index (χ4v) is 3.78. The van der Waals surface area contributed by atoms with E-state index in [0.29, 0.717) is 18.9 Å². The molecule has 1 fully saturated rings. The second-order valence-corrected chi connectivity index (χ2v) is 7.65. The van der Waals surface area contributed by atoms with Crippen molar-refractivity contribution in [2.45, 2.75) is 13.0 Å². The van der Waals surface area contributed by atoms with Crippen LogP contribution in [0.5, 0.6) is 5.75 Å². The third-order valence-corrected chi connectivity index (χ3v) is 5.52. The molecule has 3 aromatic rings. The van der Waals surface area contributed by atoms with Gasteiger partial charge in [-0.25, -0.2) is 0 Å². The predicted octanol–water partition coefficient (Wildman–Crippen LogP) is 3.80. The molecular formula is C25H29N3O3. The second kappa shape index (κ2) is 10.7. The van der Waals surface area contributed by atoms with Crippen LogP contribution in [0.15, 0.2) is 77.4 Å². The standard InChI is InChI=1S/C25H29N3O3/c29-25(24-21(12-19-30-24)20-31-23-10-5-2-6-11-23)26-13-7-14-27-15-17-28(18-16-27)22-8-3-1-4-9-22/h1-6,8-12,19H,7,13-18,20H2,(H,26,29). The molecule has 0 atom stereocenters. The van der Waals surface area contributed by atoms with Crippen LogP contribution in [0.25, 0.3) is 0 Å². The average molecular weight is 420 g/mol. The average Bonchev–Trinajstić information content (AvgIpc) is 3.31. The quantitative estimate of drug-likeness (QED) is 0.535. The van der Waals surface area contributed by atoms with E-state index in [2.05, 4.69) is 45.4 Å². The molecular weight excluding hydrogens is 390 g/mol. The first kappa shape index (κ1) is 21.0. The summed E-state index contributed by atoms with van der Waals surface area (Å²) in [6.45, 7) is 6.06. The van der Waals surface area contributed by atoms with E-state index in [4.69, 9.17) is 9.15 Å². The number of para-hydroxylation sites is 2. The first-order valence-electron chi connectivity index (χ1n) is 10.8. The van der Waals surface area contributed by atoms with Crippen molar-refractivity contribution in [1.82, 2.24) is 10.2 Å². The highest BCUT2D eigenvalue weighted by Crippen LogP contribution is 2.17. The summed E-state index contributed by atoms with van der Waals surface area (Å²) < 4.78 is 11.1. The van der Waals surface area contributed by atoms with Gasteiger partial charge in [0.2, 0.25) is 0 Å². The van der Waals surface area contributed by atoms with Crippen molar-refractivity contribution in [2.24, 2.45) is 0 Å². The minimum Gasteiger partial charge on any atom is -0.489 e. The van der Waals surface area contributed by atoms with Gasteiger partial charge in [-0.1, -0.05) is 36.4 Å². The number of carbonyl (C=O) groups excluding carboxylic acids is 1. The number of rotatable bonds is 9. The molecule has 4 rings (SSSR count). The van der Waals surface area contributed by atoms with Crippen LogP contribution < -0.4 is 15.0 Å². The van der Waals surface area contributed by atoms with E-state index in [-0.39, 0.29) is 5.91 Å². The lowest BCUT2D eigenvalue weighted by Gasteiger charge is -2.36. The number of amides is 1. The number of hydrogen-bond acceptors (Lipinski definition) is 5. The summed E-state index contributed by atoms with van der Waals surface area (Å²) in [4.78, 5) is 17.4. The van der Waals surface area contributed by atoms with E-state index in [9.17, 15) is 4.79 Å². The Labute approximate surface area is 183 Å². The van der Waals surface area contributed by atoms with Crippen LogP contribution in [-0.4, -0.2) is 50.1 Å². The molecule has 0 spiro atoms. The molecule has 2 aromatic carbocycles. The van der Waals surface area contributed by atoms with Crippen molar-refractivity contribution in [3.8, 4) is 5.75 Å². The van der Waals surface area contributed by atoms with Gasteiger partial charge in [-0.15, -0.1) is 0 Å². The summed E-state index contributed by atoms with van der Waals surface area (Å²) >= 11 is 0. The van der Waals surface area contributed by atoms with Crippen LogP contribution >= 0.6 is 0 Å². The number of carbonyl (C=O) groups is 1. The largest absolute Gasteiger partial charge is 0.489 e. The van der Waals surface area contributed by atoms with Crippen molar-refractivity contribution >= 4 is 11.6 Å². The van der Waals surface area contributed by atoms with Crippen molar-refractivity contribution in [1.29, 1.82) is 0 Å². The van der Waals surface area contributed by atoms with Gasteiger partial charge in [0.1, 0.15) is 12.4 Å². The molecule has 6 nitrogen and oxygen atoms in total. The molecule has 0 saturated carbocycles. The van der Waals surface area contributed by atoms with Gasteiger partial charge in [-0.3, -0.25) is 9.69 Å². The zero-order chi connectivity index (χ0) is 21.3. The summed E-state index contributed by atoms with van der Waals surface area (Å²) in [6, 6.07) is 21.9. The van der Waals surface area contributed by atoms with Crippen LogP contribution in [0.1, 0.15) is 22.5 Å². The first-order chi connectivity index (χ1) is 15.3. The van der Waals surface area contributed by atoms with Gasteiger partial charge < -0.3 is 19.4 Å². The van der Waals surface area contributed by atoms with Gasteiger partial charge in [-0.2, -0.15) is 0 Å². The van der Waals surface area contributed by atoms with Crippen LogP contribution in [0, 0.1) is 0 Å². The predicted molar refractivity (Wildman–Crippen MR) is 122 cm³/mol. The molecule has 0 aliphatic carbocycles. The van der Waals surface area contributed by atoms with Crippen molar-refractivity contribution in [3.63, 3.8) is 0 Å². The Bertz CT molecular complexity index is 935. The number of benzene rings is 2. The SMILES string of the molecule is O=C(NCCCN1CCN(c2ccccc2)CC1)c1occc1COc1ccccc1. The third-order valence-electron chi connectivity index (χ3n) is 5.52. The van der Waals surface area contributed by atoms with Crippen LogP contribution in [-0.2, 0) is 6.61 Å². The summed E-state index contributed by atoms with van der Waals surface area (Å²) in [5, 5.41) is 2.97. The molecule has 1 aliphatic heterocycles. The Balaban J connectivity index is 1.16. The van der Waals surface area contributed by atoms with Crippen molar-refractivity contribution < 1.29 is 13.9 Å². The zero-order valence-corrected chi connectivity index (χ0v) is 17.7. The van der Waals surface area contributed by atoms with E-state index in [1.807, 2.05) is 30.3 Å². The monoisotopic (exact) mass is 419 g/mol. The van der Waals surface area contributed by atoms with E-state index >= 15 is 0 Å². The molecule has 1 aliphatic rings. The van der Waals surface area contributed by atoms with Gasteiger partial charge in [0.25, 0.3) is 5.91 Å². The molecule has 1 amide bonds. The van der Waals surface area contributed by atoms with Crippen LogP contribution in [0.4, 0.5) is 5.69 Å². The van der Waals surface area contributed by atoms with Gasteiger partial charge in [0.15, 0.2) is 5.76 Å². The van der Waals surface area contributed by atoms with E-state index in [1.54, 1.807) is 6.07 Å². The minimum atomic E-state index is -0.189. The Morgan fingerprint density at radius 3 is 2.39 bits per heavy atom. The lowest BCUT2D eigenvalue weighted by Crippen LogP contribution is -2.47. The Morgan fingerprint density at radius 1 is 0.935 bits per heavy atom. The summed E-state index contributed by atoms with van der Waals surface area (Å²) in [5.41, 5.74) is 2.04. The third kappa shape index (κ3) is 5.89. The molecule has 1 saturated heterocycles. The fourth-order valence-electron chi connectivity index (χ4n) is 3.78. The number of furan rings is 1. The number of nitrogens with one attached hydrogen (secondary N) is 1. The summed E-state index contributed by atoms with van der Waals surface area (Å²) in [6.07, 6.45) is 2.44.